The summed E-state index contributed by atoms with van der Waals surface area (Å²) >= 11 is 0. The monoisotopic (exact) mass is 410 g/mol. The highest BCUT2D eigenvalue weighted by Gasteiger charge is 2.47. The Labute approximate surface area is 162 Å². The molecule has 11 heteroatoms. The quantitative estimate of drug-likeness (QED) is 0.198. The Kier molecular flexibility index (Phi) is 8.73. The first-order chi connectivity index (χ1) is 13.2. The number of hydrogen-bond donors (Lipinski definition) is 7. The van der Waals surface area contributed by atoms with E-state index >= 15 is 0 Å². The minimum atomic E-state index is -1.61. The molecule has 0 bridgehead atoms. The number of ether oxygens (including phenoxy) is 4. The van der Waals surface area contributed by atoms with Crippen LogP contribution in [0.1, 0.15) is 13.3 Å². The molecule has 0 saturated carbocycles. The van der Waals surface area contributed by atoms with Crippen LogP contribution in [0.2, 0.25) is 0 Å². The molecule has 0 amide bonds. The van der Waals surface area contributed by atoms with Crippen LogP contribution in [-0.4, -0.2) is 117 Å². The third kappa shape index (κ3) is 5.46. The van der Waals surface area contributed by atoms with Gasteiger partial charge in [0.15, 0.2) is 12.6 Å². The molecule has 7 N–H and O–H groups in total. The summed E-state index contributed by atoms with van der Waals surface area (Å²) in [6.45, 7) is 4.70. The lowest BCUT2D eigenvalue weighted by molar-refractivity contribution is -0.331. The van der Waals surface area contributed by atoms with Gasteiger partial charge in [0.05, 0.1) is 19.8 Å². The van der Waals surface area contributed by atoms with Crippen molar-refractivity contribution in [3.05, 3.63) is 12.2 Å². The summed E-state index contributed by atoms with van der Waals surface area (Å²) < 4.78 is 21.4. The molecule has 0 unspecified atom stereocenters. The molecule has 0 aromatic heterocycles. The number of aliphatic hydroxyl groups excluding tert-OH is 7. The molecule has 2 aliphatic heterocycles. The SMILES string of the molecule is C=C(C)CCO[C@H]1O[C@H](CO[C@@H]2O[C@H](CO)[C@@H](O)[C@H](O)[C@H]2O)[C@@H](O)[C@H](O)[C@H]1O. The van der Waals surface area contributed by atoms with Crippen LogP contribution in [0.5, 0.6) is 0 Å². The van der Waals surface area contributed by atoms with E-state index in [9.17, 15) is 35.7 Å². The number of aliphatic hydroxyl groups is 7. The van der Waals surface area contributed by atoms with Crippen LogP contribution in [0.15, 0.2) is 12.2 Å². The van der Waals surface area contributed by atoms with Gasteiger partial charge in [-0.1, -0.05) is 5.57 Å². The second-order valence-electron chi connectivity index (χ2n) is 7.12. The van der Waals surface area contributed by atoms with Gasteiger partial charge in [0.25, 0.3) is 0 Å². The van der Waals surface area contributed by atoms with Crippen molar-refractivity contribution in [3.63, 3.8) is 0 Å². The highest BCUT2D eigenvalue weighted by molar-refractivity contribution is 4.92. The maximum atomic E-state index is 10.1. The van der Waals surface area contributed by atoms with Gasteiger partial charge in [-0.25, -0.2) is 0 Å². The van der Waals surface area contributed by atoms with Gasteiger partial charge in [-0.3, -0.25) is 0 Å². The Bertz CT molecular complexity index is 501. The summed E-state index contributed by atoms with van der Waals surface area (Å²) in [5.41, 5.74) is 0.855. The maximum absolute atomic E-state index is 10.1. The largest absolute Gasteiger partial charge is 0.394 e. The molecular weight excluding hydrogens is 380 g/mol. The molecule has 2 rings (SSSR count). The van der Waals surface area contributed by atoms with Crippen molar-refractivity contribution in [2.24, 2.45) is 0 Å². The van der Waals surface area contributed by atoms with Crippen molar-refractivity contribution in [3.8, 4) is 0 Å². The molecule has 11 nitrogen and oxygen atoms in total. The van der Waals surface area contributed by atoms with E-state index in [1.54, 1.807) is 6.92 Å². The Hall–Kier alpha value is -0.700. The average molecular weight is 410 g/mol. The Morgan fingerprint density at radius 1 is 0.786 bits per heavy atom. The lowest BCUT2D eigenvalue weighted by Crippen LogP contribution is -2.61. The average Bonchev–Trinajstić information content (AvgIpc) is 2.66. The fourth-order valence-corrected chi connectivity index (χ4v) is 2.94. The number of rotatable bonds is 8. The molecule has 2 aliphatic rings. The van der Waals surface area contributed by atoms with Crippen LogP contribution in [-0.2, 0) is 18.9 Å². The zero-order valence-corrected chi connectivity index (χ0v) is 15.6. The van der Waals surface area contributed by atoms with E-state index in [0.717, 1.165) is 5.57 Å². The summed E-state index contributed by atoms with van der Waals surface area (Å²) in [6.07, 6.45) is -13.7. The first kappa shape index (κ1) is 23.6. The van der Waals surface area contributed by atoms with Crippen LogP contribution < -0.4 is 0 Å². The van der Waals surface area contributed by atoms with E-state index in [-0.39, 0.29) is 6.61 Å². The van der Waals surface area contributed by atoms with Crippen LogP contribution in [0.25, 0.3) is 0 Å². The second-order valence-corrected chi connectivity index (χ2v) is 7.12. The minimum absolute atomic E-state index is 0.181. The van der Waals surface area contributed by atoms with Crippen molar-refractivity contribution in [2.75, 3.05) is 19.8 Å². The van der Waals surface area contributed by atoms with Gasteiger partial charge in [-0.05, 0) is 13.3 Å². The van der Waals surface area contributed by atoms with Gasteiger partial charge >= 0.3 is 0 Å². The molecule has 2 saturated heterocycles. The first-order valence-electron chi connectivity index (χ1n) is 9.05. The van der Waals surface area contributed by atoms with Crippen LogP contribution in [0.4, 0.5) is 0 Å². The molecule has 10 atom stereocenters. The molecule has 0 aromatic carbocycles. The van der Waals surface area contributed by atoms with E-state index in [0.29, 0.717) is 6.42 Å². The van der Waals surface area contributed by atoms with Crippen molar-refractivity contribution >= 4 is 0 Å². The summed E-state index contributed by atoms with van der Waals surface area (Å²) in [5.74, 6) is 0. The first-order valence-corrected chi connectivity index (χ1v) is 9.05. The molecule has 0 radical (unpaired) electrons. The Morgan fingerprint density at radius 3 is 1.82 bits per heavy atom. The van der Waals surface area contributed by atoms with Crippen molar-refractivity contribution < 1.29 is 54.7 Å². The Balaban J connectivity index is 1.94. The topological polar surface area (TPSA) is 179 Å². The van der Waals surface area contributed by atoms with Crippen LogP contribution >= 0.6 is 0 Å². The fraction of sp³-hybridized carbons (Fsp3) is 0.882. The molecule has 0 aliphatic carbocycles. The summed E-state index contributed by atoms with van der Waals surface area (Å²) in [4.78, 5) is 0. The van der Waals surface area contributed by atoms with Gasteiger partial charge in [0.1, 0.15) is 48.8 Å². The molecule has 164 valence electrons. The van der Waals surface area contributed by atoms with Crippen molar-refractivity contribution in [2.45, 2.75) is 74.8 Å². The predicted octanol–water partition coefficient (Wildman–Crippen LogP) is -3.41. The zero-order chi connectivity index (χ0) is 21.0. The van der Waals surface area contributed by atoms with Crippen molar-refractivity contribution in [1.82, 2.24) is 0 Å². The zero-order valence-electron chi connectivity index (χ0n) is 15.6. The molecule has 0 spiro atoms. The highest BCUT2D eigenvalue weighted by atomic mass is 16.7. The summed E-state index contributed by atoms with van der Waals surface area (Å²) in [5, 5.41) is 68.8. The Morgan fingerprint density at radius 2 is 1.29 bits per heavy atom. The molecule has 0 aromatic rings. The van der Waals surface area contributed by atoms with Gasteiger partial charge in [0.2, 0.25) is 0 Å². The van der Waals surface area contributed by atoms with Crippen LogP contribution in [0, 0.1) is 0 Å². The fourth-order valence-electron chi connectivity index (χ4n) is 2.94. The van der Waals surface area contributed by atoms with E-state index in [1.807, 2.05) is 0 Å². The number of hydrogen-bond acceptors (Lipinski definition) is 11. The predicted molar refractivity (Wildman–Crippen MR) is 91.8 cm³/mol. The maximum Gasteiger partial charge on any atom is 0.186 e. The van der Waals surface area contributed by atoms with E-state index < -0.39 is 74.6 Å². The van der Waals surface area contributed by atoms with Gasteiger partial charge in [0, 0.05) is 0 Å². The molecule has 2 heterocycles. The van der Waals surface area contributed by atoms with E-state index in [2.05, 4.69) is 6.58 Å². The van der Waals surface area contributed by atoms with Crippen LogP contribution in [0.3, 0.4) is 0 Å². The summed E-state index contributed by atoms with van der Waals surface area (Å²) in [6, 6.07) is 0. The molecular formula is C17H30O11. The molecule has 28 heavy (non-hydrogen) atoms. The lowest BCUT2D eigenvalue weighted by Gasteiger charge is -2.42. The van der Waals surface area contributed by atoms with E-state index in [1.165, 1.54) is 0 Å². The minimum Gasteiger partial charge on any atom is -0.394 e. The van der Waals surface area contributed by atoms with E-state index in [4.69, 9.17) is 18.9 Å². The third-order valence-electron chi connectivity index (χ3n) is 4.75. The van der Waals surface area contributed by atoms with Gasteiger partial charge in [-0.2, -0.15) is 0 Å². The van der Waals surface area contributed by atoms with Gasteiger partial charge < -0.3 is 54.7 Å². The van der Waals surface area contributed by atoms with Gasteiger partial charge in [-0.15, -0.1) is 6.58 Å². The highest BCUT2D eigenvalue weighted by Crippen LogP contribution is 2.26. The summed E-state index contributed by atoms with van der Waals surface area (Å²) in [7, 11) is 0. The van der Waals surface area contributed by atoms with Crippen molar-refractivity contribution in [1.29, 1.82) is 0 Å². The standard InChI is InChI=1S/C17H30O11/c1-7(2)3-4-25-16-14(23)13(22)11(20)9(28-16)6-26-17-15(24)12(21)10(19)8(5-18)27-17/h8-24H,1,3-6H2,2H3/t8-,9-,10-,11-,12+,13+,14-,15-,16+,17-/m1/s1. The third-order valence-corrected chi connectivity index (χ3v) is 4.75. The smallest absolute Gasteiger partial charge is 0.186 e. The normalized spacial score (nSPS) is 44.4. The molecule has 2 fully saturated rings. The lowest BCUT2D eigenvalue weighted by atomic mass is 9.98. The second kappa shape index (κ2) is 10.4.